The molecule has 1 aliphatic rings. The molecule has 1 aromatic heterocycles. The molecule has 166 valence electrons. The Morgan fingerprint density at radius 3 is 2.32 bits per heavy atom. The minimum absolute atomic E-state index is 0.0857. The van der Waals surface area contributed by atoms with E-state index in [0.29, 0.717) is 37.3 Å². The number of hydrogen-bond donors (Lipinski definition) is 2. The number of likely N-dealkylation sites (tertiary alicyclic amines) is 1. The van der Waals surface area contributed by atoms with Crippen molar-refractivity contribution in [3.05, 3.63) is 53.7 Å². The molecule has 0 saturated carbocycles. The van der Waals surface area contributed by atoms with Crippen LogP contribution in [0.25, 0.3) is 0 Å². The van der Waals surface area contributed by atoms with Gasteiger partial charge in [0, 0.05) is 36.8 Å². The van der Waals surface area contributed by atoms with Crippen molar-refractivity contribution in [1.29, 1.82) is 0 Å². The number of amides is 2. The SMILES string of the molecule is Cc1ccnc(NC(=O)C2CCN(C(=O)c3ccc(S(=O)(=O)NC(C)C)cc3)CC2)c1. The molecule has 1 fully saturated rings. The van der Waals surface area contributed by atoms with Crippen molar-refractivity contribution in [2.45, 2.75) is 44.6 Å². The molecule has 0 aliphatic carbocycles. The van der Waals surface area contributed by atoms with Gasteiger partial charge in [0.1, 0.15) is 5.82 Å². The first-order valence-corrected chi connectivity index (χ1v) is 11.8. The summed E-state index contributed by atoms with van der Waals surface area (Å²) in [6, 6.07) is 9.39. The molecular weight excluding hydrogens is 416 g/mol. The number of anilines is 1. The number of aryl methyl sites for hydroxylation is 1. The second-order valence-corrected chi connectivity index (χ2v) is 9.79. The highest BCUT2D eigenvalue weighted by atomic mass is 32.2. The standard InChI is InChI=1S/C22H28N4O4S/c1-15(2)25-31(29,30)19-6-4-18(5-7-19)22(28)26-12-9-17(10-13-26)21(27)24-20-14-16(3)8-11-23-20/h4-8,11,14-15,17,25H,9-10,12-13H2,1-3H3,(H,23,24,27). The molecule has 2 amide bonds. The lowest BCUT2D eigenvalue weighted by molar-refractivity contribution is -0.121. The van der Waals surface area contributed by atoms with Crippen molar-refractivity contribution in [1.82, 2.24) is 14.6 Å². The van der Waals surface area contributed by atoms with Crippen LogP contribution in [0.4, 0.5) is 5.82 Å². The van der Waals surface area contributed by atoms with Crippen LogP contribution in [0.15, 0.2) is 47.5 Å². The van der Waals surface area contributed by atoms with Crippen molar-refractivity contribution in [3.63, 3.8) is 0 Å². The number of piperidine rings is 1. The highest BCUT2D eigenvalue weighted by Crippen LogP contribution is 2.21. The zero-order valence-electron chi connectivity index (χ0n) is 18.0. The van der Waals surface area contributed by atoms with Gasteiger partial charge in [0.15, 0.2) is 0 Å². The van der Waals surface area contributed by atoms with E-state index in [2.05, 4.69) is 15.0 Å². The maximum atomic E-state index is 12.8. The van der Waals surface area contributed by atoms with Crippen LogP contribution in [0, 0.1) is 12.8 Å². The summed E-state index contributed by atoms with van der Waals surface area (Å²) in [6.07, 6.45) is 2.78. The maximum absolute atomic E-state index is 12.8. The van der Waals surface area contributed by atoms with Crippen molar-refractivity contribution in [3.8, 4) is 0 Å². The van der Waals surface area contributed by atoms with E-state index in [1.807, 2.05) is 19.1 Å². The zero-order chi connectivity index (χ0) is 22.6. The Morgan fingerprint density at radius 1 is 1.10 bits per heavy atom. The van der Waals surface area contributed by atoms with Gasteiger partial charge in [-0.2, -0.15) is 0 Å². The number of carbonyl (C=O) groups is 2. The number of benzene rings is 1. The fourth-order valence-electron chi connectivity index (χ4n) is 3.52. The molecule has 2 aromatic rings. The minimum atomic E-state index is -3.60. The topological polar surface area (TPSA) is 108 Å². The minimum Gasteiger partial charge on any atom is -0.339 e. The average Bonchev–Trinajstić information content (AvgIpc) is 2.72. The second kappa shape index (κ2) is 9.57. The van der Waals surface area contributed by atoms with E-state index in [1.54, 1.807) is 24.9 Å². The fourth-order valence-corrected chi connectivity index (χ4v) is 4.77. The van der Waals surface area contributed by atoms with Crippen LogP contribution in [-0.4, -0.2) is 49.2 Å². The summed E-state index contributed by atoms with van der Waals surface area (Å²) in [7, 11) is -3.60. The number of hydrogen-bond acceptors (Lipinski definition) is 5. The van der Waals surface area contributed by atoms with E-state index in [0.717, 1.165) is 5.56 Å². The van der Waals surface area contributed by atoms with Gasteiger partial charge in [-0.1, -0.05) is 0 Å². The molecule has 0 unspecified atom stereocenters. The Bertz CT molecular complexity index is 1040. The summed E-state index contributed by atoms with van der Waals surface area (Å²) in [5.41, 5.74) is 1.44. The fraction of sp³-hybridized carbons (Fsp3) is 0.409. The molecule has 9 heteroatoms. The van der Waals surface area contributed by atoms with Crippen LogP contribution in [0.1, 0.15) is 42.6 Å². The summed E-state index contributed by atoms with van der Waals surface area (Å²) in [5.74, 6) is 0.101. The first kappa shape index (κ1) is 22.9. The number of nitrogens with zero attached hydrogens (tertiary/aromatic N) is 2. The van der Waals surface area contributed by atoms with Crippen LogP contribution in [0.2, 0.25) is 0 Å². The van der Waals surface area contributed by atoms with Gasteiger partial charge in [0.25, 0.3) is 5.91 Å². The molecule has 1 saturated heterocycles. The summed E-state index contributed by atoms with van der Waals surface area (Å²) in [5, 5.41) is 2.85. The predicted octanol–water partition coefficient (Wildman–Crippen LogP) is 2.57. The van der Waals surface area contributed by atoms with Gasteiger partial charge in [-0.25, -0.2) is 18.1 Å². The Labute approximate surface area is 183 Å². The van der Waals surface area contributed by atoms with E-state index in [4.69, 9.17) is 0 Å². The number of nitrogens with one attached hydrogen (secondary N) is 2. The lowest BCUT2D eigenvalue weighted by atomic mass is 9.95. The Hall–Kier alpha value is -2.78. The van der Waals surface area contributed by atoms with Gasteiger partial charge in [-0.3, -0.25) is 9.59 Å². The van der Waals surface area contributed by atoms with Gasteiger partial charge in [0.05, 0.1) is 4.90 Å². The Kier molecular flexibility index (Phi) is 7.07. The number of rotatable bonds is 6. The highest BCUT2D eigenvalue weighted by Gasteiger charge is 2.28. The van der Waals surface area contributed by atoms with Crippen molar-refractivity contribution >= 4 is 27.7 Å². The van der Waals surface area contributed by atoms with Crippen molar-refractivity contribution in [2.24, 2.45) is 5.92 Å². The van der Waals surface area contributed by atoms with Crippen LogP contribution in [0.3, 0.4) is 0 Å². The predicted molar refractivity (Wildman–Crippen MR) is 118 cm³/mol. The van der Waals surface area contributed by atoms with Gasteiger partial charge >= 0.3 is 0 Å². The summed E-state index contributed by atoms with van der Waals surface area (Å²) in [4.78, 5) is 31.3. The molecular formula is C22H28N4O4S. The first-order valence-electron chi connectivity index (χ1n) is 10.3. The monoisotopic (exact) mass is 444 g/mol. The van der Waals surface area contributed by atoms with Gasteiger partial charge < -0.3 is 10.2 Å². The molecule has 0 bridgehead atoms. The normalized spacial score (nSPS) is 15.2. The highest BCUT2D eigenvalue weighted by molar-refractivity contribution is 7.89. The van der Waals surface area contributed by atoms with Gasteiger partial charge in [0.2, 0.25) is 15.9 Å². The molecule has 0 spiro atoms. The summed E-state index contributed by atoms with van der Waals surface area (Å²) in [6.45, 7) is 6.36. The number of pyridine rings is 1. The lowest BCUT2D eigenvalue weighted by Crippen LogP contribution is -2.41. The Morgan fingerprint density at radius 2 is 1.74 bits per heavy atom. The molecule has 1 aliphatic heterocycles. The van der Waals surface area contributed by atoms with Crippen LogP contribution < -0.4 is 10.0 Å². The third kappa shape index (κ3) is 5.89. The second-order valence-electron chi connectivity index (χ2n) is 8.07. The zero-order valence-corrected chi connectivity index (χ0v) is 18.8. The first-order chi connectivity index (χ1) is 14.7. The van der Waals surface area contributed by atoms with Crippen molar-refractivity contribution < 1.29 is 18.0 Å². The van der Waals surface area contributed by atoms with E-state index in [-0.39, 0.29) is 28.7 Å². The van der Waals surface area contributed by atoms with Gasteiger partial charge in [-0.05, 0) is 75.6 Å². The molecule has 0 atom stereocenters. The Balaban J connectivity index is 1.57. The smallest absolute Gasteiger partial charge is 0.253 e. The quantitative estimate of drug-likeness (QED) is 0.712. The number of carbonyl (C=O) groups excluding carboxylic acids is 2. The number of aromatic nitrogens is 1. The van der Waals surface area contributed by atoms with E-state index >= 15 is 0 Å². The van der Waals surface area contributed by atoms with Crippen LogP contribution >= 0.6 is 0 Å². The molecule has 8 nitrogen and oxygen atoms in total. The summed E-state index contributed by atoms with van der Waals surface area (Å²) < 4.78 is 27.0. The molecule has 2 N–H and O–H groups in total. The summed E-state index contributed by atoms with van der Waals surface area (Å²) >= 11 is 0. The number of sulfonamides is 1. The lowest BCUT2D eigenvalue weighted by Gasteiger charge is -2.31. The van der Waals surface area contributed by atoms with Crippen LogP contribution in [-0.2, 0) is 14.8 Å². The molecule has 0 radical (unpaired) electrons. The van der Waals surface area contributed by atoms with E-state index in [1.165, 1.54) is 24.3 Å². The van der Waals surface area contributed by atoms with Crippen LogP contribution in [0.5, 0.6) is 0 Å². The van der Waals surface area contributed by atoms with E-state index < -0.39 is 10.0 Å². The maximum Gasteiger partial charge on any atom is 0.253 e. The third-order valence-electron chi connectivity index (χ3n) is 5.12. The molecule has 31 heavy (non-hydrogen) atoms. The molecule has 3 rings (SSSR count). The van der Waals surface area contributed by atoms with E-state index in [9.17, 15) is 18.0 Å². The van der Waals surface area contributed by atoms with Crippen molar-refractivity contribution in [2.75, 3.05) is 18.4 Å². The third-order valence-corrected chi connectivity index (χ3v) is 6.80. The van der Waals surface area contributed by atoms with Gasteiger partial charge in [-0.15, -0.1) is 0 Å². The largest absolute Gasteiger partial charge is 0.339 e. The molecule has 1 aromatic carbocycles. The average molecular weight is 445 g/mol. The molecule has 2 heterocycles.